The minimum absolute atomic E-state index is 0.285. The predicted octanol–water partition coefficient (Wildman–Crippen LogP) is 2.38. The predicted molar refractivity (Wildman–Crippen MR) is 96.4 cm³/mol. The van der Waals surface area contributed by atoms with E-state index >= 15 is 0 Å². The van der Waals surface area contributed by atoms with Crippen molar-refractivity contribution in [3.8, 4) is 0 Å². The van der Waals surface area contributed by atoms with E-state index in [0.29, 0.717) is 6.61 Å². The van der Waals surface area contributed by atoms with E-state index in [2.05, 4.69) is 6.92 Å². The second-order valence-electron chi connectivity index (χ2n) is 6.96. The van der Waals surface area contributed by atoms with E-state index < -0.39 is 30.7 Å². The first-order valence-corrected chi connectivity index (χ1v) is 9.92. The van der Waals surface area contributed by atoms with Gasteiger partial charge >= 0.3 is 0 Å². The standard InChI is InChI=1S/C19H38O6/c1-3-4-5-6-7-8-9-10-11-12-13-24-18-15(14-20)25-19(23-2)17(22)16(18)21/h15-22H,3-14H2,1-2H3/t15-,16-,17-,18-,19+/m1/s1. The minimum atomic E-state index is -1.18. The summed E-state index contributed by atoms with van der Waals surface area (Å²) in [5.41, 5.74) is 0. The van der Waals surface area contributed by atoms with E-state index in [9.17, 15) is 15.3 Å². The fourth-order valence-corrected chi connectivity index (χ4v) is 3.26. The SMILES string of the molecule is CCCCCCCCCCCCO[C@H]1[C@H](O)[C@@H](O)[C@@H](OC)O[C@@H]1CO. The van der Waals surface area contributed by atoms with Crippen LogP contribution in [0, 0.1) is 0 Å². The van der Waals surface area contributed by atoms with Crippen LogP contribution < -0.4 is 0 Å². The molecule has 0 bridgehead atoms. The summed E-state index contributed by atoms with van der Waals surface area (Å²) in [4.78, 5) is 0. The molecule has 5 atom stereocenters. The molecule has 1 saturated heterocycles. The number of aliphatic hydroxyl groups excluding tert-OH is 3. The van der Waals surface area contributed by atoms with Gasteiger partial charge in [0.25, 0.3) is 0 Å². The Morgan fingerprint density at radius 3 is 1.92 bits per heavy atom. The lowest BCUT2D eigenvalue weighted by Crippen LogP contribution is -2.59. The van der Waals surface area contributed by atoms with Gasteiger partial charge in [0.1, 0.15) is 24.4 Å². The molecule has 1 fully saturated rings. The molecule has 0 aromatic heterocycles. The number of ether oxygens (including phenoxy) is 3. The van der Waals surface area contributed by atoms with Gasteiger partial charge in [-0.15, -0.1) is 0 Å². The number of hydrogen-bond acceptors (Lipinski definition) is 6. The van der Waals surface area contributed by atoms with Crippen molar-refractivity contribution in [2.75, 3.05) is 20.3 Å². The second-order valence-corrected chi connectivity index (χ2v) is 6.96. The molecule has 0 radical (unpaired) electrons. The first-order valence-electron chi connectivity index (χ1n) is 9.92. The maximum Gasteiger partial charge on any atom is 0.186 e. The molecule has 3 N–H and O–H groups in total. The third-order valence-electron chi connectivity index (χ3n) is 4.86. The first-order chi connectivity index (χ1) is 12.2. The molecule has 25 heavy (non-hydrogen) atoms. The summed E-state index contributed by atoms with van der Waals surface area (Å²) in [6.07, 6.45) is 7.77. The summed E-state index contributed by atoms with van der Waals surface area (Å²) in [5.74, 6) is 0. The normalized spacial score (nSPS) is 29.9. The summed E-state index contributed by atoms with van der Waals surface area (Å²) in [5, 5.41) is 29.5. The molecule has 0 aromatic carbocycles. The van der Waals surface area contributed by atoms with Gasteiger partial charge in [0, 0.05) is 13.7 Å². The summed E-state index contributed by atoms with van der Waals surface area (Å²) < 4.78 is 16.1. The van der Waals surface area contributed by atoms with Crippen molar-refractivity contribution in [3.63, 3.8) is 0 Å². The molecule has 6 nitrogen and oxygen atoms in total. The van der Waals surface area contributed by atoms with Gasteiger partial charge in [-0.05, 0) is 6.42 Å². The molecular weight excluding hydrogens is 324 g/mol. The monoisotopic (exact) mass is 362 g/mol. The zero-order valence-electron chi connectivity index (χ0n) is 15.9. The molecule has 1 rings (SSSR count). The molecule has 0 aliphatic carbocycles. The summed E-state index contributed by atoms with van der Waals surface area (Å²) >= 11 is 0. The van der Waals surface area contributed by atoms with Crippen molar-refractivity contribution in [2.45, 2.75) is 102 Å². The maximum atomic E-state index is 10.2. The van der Waals surface area contributed by atoms with E-state index in [4.69, 9.17) is 14.2 Å². The fraction of sp³-hybridized carbons (Fsp3) is 1.00. The topological polar surface area (TPSA) is 88.4 Å². The third kappa shape index (κ3) is 8.33. The van der Waals surface area contributed by atoms with Crippen LogP contribution in [0.1, 0.15) is 71.1 Å². The molecule has 150 valence electrons. The molecule has 1 aliphatic heterocycles. The van der Waals surface area contributed by atoms with Crippen LogP contribution in [0.2, 0.25) is 0 Å². The smallest absolute Gasteiger partial charge is 0.186 e. The van der Waals surface area contributed by atoms with Crippen molar-refractivity contribution in [2.24, 2.45) is 0 Å². The van der Waals surface area contributed by atoms with Gasteiger partial charge in [-0.1, -0.05) is 64.7 Å². The zero-order valence-corrected chi connectivity index (χ0v) is 15.9. The van der Waals surface area contributed by atoms with Crippen molar-refractivity contribution >= 4 is 0 Å². The number of hydrogen-bond donors (Lipinski definition) is 3. The summed E-state index contributed by atoms with van der Waals surface area (Å²) in [7, 11) is 1.39. The molecule has 0 aromatic rings. The average molecular weight is 363 g/mol. The highest BCUT2D eigenvalue weighted by Gasteiger charge is 2.45. The molecule has 0 unspecified atom stereocenters. The lowest BCUT2D eigenvalue weighted by atomic mass is 9.99. The van der Waals surface area contributed by atoms with Gasteiger partial charge < -0.3 is 29.5 Å². The number of rotatable bonds is 14. The third-order valence-corrected chi connectivity index (χ3v) is 4.86. The first kappa shape index (κ1) is 22.8. The zero-order chi connectivity index (χ0) is 18.5. The quantitative estimate of drug-likeness (QED) is 0.411. The van der Waals surface area contributed by atoms with Crippen molar-refractivity contribution < 1.29 is 29.5 Å². The summed E-state index contributed by atoms with van der Waals surface area (Å²) in [6.45, 7) is 2.44. The van der Waals surface area contributed by atoms with Crippen LogP contribution in [0.15, 0.2) is 0 Å². The molecule has 1 heterocycles. The van der Waals surface area contributed by atoms with Gasteiger partial charge in [0.15, 0.2) is 6.29 Å². The van der Waals surface area contributed by atoms with Crippen LogP contribution in [0.4, 0.5) is 0 Å². The Bertz CT molecular complexity index is 312. The Hall–Kier alpha value is -0.240. The van der Waals surface area contributed by atoms with Gasteiger partial charge in [-0.3, -0.25) is 0 Å². The van der Waals surface area contributed by atoms with E-state index in [-0.39, 0.29) is 6.61 Å². The van der Waals surface area contributed by atoms with Crippen LogP contribution in [0.25, 0.3) is 0 Å². The Balaban J connectivity index is 2.10. The molecular formula is C19H38O6. The highest BCUT2D eigenvalue weighted by Crippen LogP contribution is 2.24. The van der Waals surface area contributed by atoms with E-state index in [1.165, 1.54) is 58.5 Å². The number of methoxy groups -OCH3 is 1. The highest BCUT2D eigenvalue weighted by molar-refractivity contribution is 4.90. The number of aliphatic hydroxyl groups is 3. The van der Waals surface area contributed by atoms with Gasteiger partial charge in [0.2, 0.25) is 0 Å². The summed E-state index contributed by atoms with van der Waals surface area (Å²) in [6, 6.07) is 0. The Morgan fingerprint density at radius 1 is 0.840 bits per heavy atom. The van der Waals surface area contributed by atoms with Crippen LogP contribution in [-0.2, 0) is 14.2 Å². The van der Waals surface area contributed by atoms with Crippen molar-refractivity contribution in [1.82, 2.24) is 0 Å². The Morgan fingerprint density at radius 2 is 1.40 bits per heavy atom. The molecule has 0 spiro atoms. The minimum Gasteiger partial charge on any atom is -0.394 e. The fourth-order valence-electron chi connectivity index (χ4n) is 3.26. The molecule has 6 heteroatoms. The Labute approximate surface area is 152 Å². The molecule has 1 aliphatic rings. The lowest BCUT2D eigenvalue weighted by molar-refractivity contribution is -0.301. The van der Waals surface area contributed by atoms with E-state index in [1.807, 2.05) is 0 Å². The van der Waals surface area contributed by atoms with Gasteiger partial charge in [-0.2, -0.15) is 0 Å². The van der Waals surface area contributed by atoms with Gasteiger partial charge in [0.05, 0.1) is 6.61 Å². The number of unbranched alkanes of at least 4 members (excludes halogenated alkanes) is 9. The second kappa shape index (κ2) is 13.9. The maximum absolute atomic E-state index is 10.2. The van der Waals surface area contributed by atoms with Gasteiger partial charge in [-0.25, -0.2) is 0 Å². The molecule has 0 amide bonds. The molecule has 0 saturated carbocycles. The average Bonchev–Trinajstić information content (AvgIpc) is 2.63. The van der Waals surface area contributed by atoms with Crippen LogP contribution in [0.3, 0.4) is 0 Å². The van der Waals surface area contributed by atoms with Crippen LogP contribution in [0.5, 0.6) is 0 Å². The van der Waals surface area contributed by atoms with Crippen LogP contribution >= 0.6 is 0 Å². The van der Waals surface area contributed by atoms with E-state index in [1.54, 1.807) is 0 Å². The largest absolute Gasteiger partial charge is 0.394 e. The van der Waals surface area contributed by atoms with Crippen LogP contribution in [-0.4, -0.2) is 66.3 Å². The van der Waals surface area contributed by atoms with Crippen molar-refractivity contribution in [3.05, 3.63) is 0 Å². The lowest BCUT2D eigenvalue weighted by Gasteiger charge is -2.41. The highest BCUT2D eigenvalue weighted by atomic mass is 16.7. The Kier molecular flexibility index (Phi) is 12.7. The van der Waals surface area contributed by atoms with Crippen molar-refractivity contribution in [1.29, 1.82) is 0 Å². The van der Waals surface area contributed by atoms with E-state index in [0.717, 1.165) is 12.8 Å².